The van der Waals surface area contributed by atoms with Gasteiger partial charge in [0.05, 0.1) is 18.3 Å². The number of nitrogens with zero attached hydrogens (tertiary/aromatic N) is 3. The fourth-order valence-corrected chi connectivity index (χ4v) is 4.18. The topological polar surface area (TPSA) is 59.5 Å². The molecule has 6 heteroatoms. The average Bonchev–Trinajstić information content (AvgIpc) is 3.08. The van der Waals surface area contributed by atoms with Crippen molar-refractivity contribution in [3.8, 4) is 11.9 Å². The van der Waals surface area contributed by atoms with Gasteiger partial charge in [0.1, 0.15) is 6.61 Å². The van der Waals surface area contributed by atoms with Gasteiger partial charge < -0.3 is 14.8 Å². The molecule has 0 aromatic carbocycles. The van der Waals surface area contributed by atoms with Crippen LogP contribution in [0.1, 0.15) is 30.5 Å². The van der Waals surface area contributed by atoms with Crippen LogP contribution in [-0.2, 0) is 13.0 Å². The second-order valence-electron chi connectivity index (χ2n) is 6.83. The van der Waals surface area contributed by atoms with Crippen molar-refractivity contribution in [2.24, 2.45) is 0 Å². The molecule has 2 saturated heterocycles. The Bertz CT molecular complexity index is 616. The third kappa shape index (κ3) is 2.60. The minimum absolute atomic E-state index is 0.0990. The molecule has 3 aliphatic heterocycles. The summed E-state index contributed by atoms with van der Waals surface area (Å²) in [6, 6.07) is 0.433. The summed E-state index contributed by atoms with van der Waals surface area (Å²) in [5.74, 6) is 0.656. The van der Waals surface area contributed by atoms with E-state index in [1.54, 1.807) is 7.11 Å². The van der Waals surface area contributed by atoms with Crippen molar-refractivity contribution in [1.29, 1.82) is 0 Å². The molecule has 1 N–H and O–H groups in total. The highest BCUT2D eigenvalue weighted by atomic mass is 16.5. The molecule has 4 rings (SSSR count). The van der Waals surface area contributed by atoms with Crippen molar-refractivity contribution in [3.63, 3.8) is 0 Å². The normalized spacial score (nSPS) is 26.9. The average molecular weight is 316 g/mol. The minimum Gasteiger partial charge on any atom is -0.481 e. The largest absolute Gasteiger partial charge is 0.481 e. The molecule has 1 unspecified atom stereocenters. The fourth-order valence-electron chi connectivity index (χ4n) is 4.18. The third-order valence-corrected chi connectivity index (χ3v) is 5.28. The maximum absolute atomic E-state index is 6.04. The lowest BCUT2D eigenvalue weighted by Crippen LogP contribution is -2.43. The van der Waals surface area contributed by atoms with Crippen molar-refractivity contribution in [2.75, 3.05) is 33.4 Å². The van der Waals surface area contributed by atoms with Gasteiger partial charge in [0.25, 0.3) is 0 Å². The number of hydrogen-bond donors (Lipinski definition) is 1. The van der Waals surface area contributed by atoms with Gasteiger partial charge in [-0.05, 0) is 38.8 Å². The van der Waals surface area contributed by atoms with Crippen LogP contribution in [0, 0.1) is 0 Å². The van der Waals surface area contributed by atoms with E-state index in [1.807, 2.05) is 0 Å². The molecule has 6 nitrogen and oxygen atoms in total. The number of hydrogen-bond acceptors (Lipinski definition) is 6. The van der Waals surface area contributed by atoms with Gasteiger partial charge in [-0.1, -0.05) is 12.2 Å². The summed E-state index contributed by atoms with van der Waals surface area (Å²) in [5, 5.41) is 3.34. The third-order valence-electron chi connectivity index (χ3n) is 5.28. The van der Waals surface area contributed by atoms with Gasteiger partial charge in [0.2, 0.25) is 5.88 Å². The van der Waals surface area contributed by atoms with E-state index < -0.39 is 0 Å². The maximum Gasteiger partial charge on any atom is 0.320 e. The van der Waals surface area contributed by atoms with Gasteiger partial charge >= 0.3 is 6.01 Å². The van der Waals surface area contributed by atoms with Crippen LogP contribution in [0.4, 0.5) is 0 Å². The van der Waals surface area contributed by atoms with Crippen LogP contribution in [0.5, 0.6) is 11.9 Å². The lowest BCUT2D eigenvalue weighted by Gasteiger charge is -2.31. The first-order valence-corrected chi connectivity index (χ1v) is 8.39. The minimum atomic E-state index is 0.0990. The Morgan fingerprint density at radius 2 is 2.30 bits per heavy atom. The highest BCUT2D eigenvalue weighted by Gasteiger charge is 2.46. The lowest BCUT2D eigenvalue weighted by atomic mass is 9.94. The molecule has 0 aliphatic carbocycles. The van der Waals surface area contributed by atoms with E-state index >= 15 is 0 Å². The monoisotopic (exact) mass is 316 g/mol. The van der Waals surface area contributed by atoms with Crippen molar-refractivity contribution >= 4 is 0 Å². The fraction of sp³-hybridized carbons (Fsp3) is 0.647. The number of aromatic nitrogens is 2. The van der Waals surface area contributed by atoms with Crippen molar-refractivity contribution < 1.29 is 9.47 Å². The predicted molar refractivity (Wildman–Crippen MR) is 86.8 cm³/mol. The Labute approximate surface area is 136 Å². The highest BCUT2D eigenvalue weighted by Crippen LogP contribution is 2.41. The molecule has 124 valence electrons. The Balaban J connectivity index is 1.54. The molecule has 0 amide bonds. The molecule has 0 saturated carbocycles. The SMILES string of the molecule is C=C1CN2CCCC2(COc2nc3c(c(OC)n2)CCNC3)C1. The Hall–Kier alpha value is -1.66. The molecule has 2 fully saturated rings. The van der Waals surface area contributed by atoms with Crippen molar-refractivity contribution in [2.45, 2.75) is 37.8 Å². The molecule has 0 spiro atoms. The summed E-state index contributed by atoms with van der Waals surface area (Å²) in [5.41, 5.74) is 3.51. The Morgan fingerprint density at radius 3 is 3.17 bits per heavy atom. The predicted octanol–water partition coefficient (Wildman–Crippen LogP) is 1.30. The van der Waals surface area contributed by atoms with Crippen molar-refractivity contribution in [3.05, 3.63) is 23.4 Å². The van der Waals surface area contributed by atoms with Gasteiger partial charge in [0, 0.05) is 18.7 Å². The molecule has 1 aromatic rings. The van der Waals surface area contributed by atoms with Crippen LogP contribution in [0.15, 0.2) is 12.2 Å². The molecule has 23 heavy (non-hydrogen) atoms. The van der Waals surface area contributed by atoms with Crippen LogP contribution in [0.2, 0.25) is 0 Å². The second kappa shape index (κ2) is 5.76. The van der Waals surface area contributed by atoms with Gasteiger partial charge in [-0.3, -0.25) is 4.90 Å². The smallest absolute Gasteiger partial charge is 0.320 e. The van der Waals surface area contributed by atoms with Crippen LogP contribution in [-0.4, -0.2) is 53.8 Å². The summed E-state index contributed by atoms with van der Waals surface area (Å²) in [7, 11) is 1.66. The first kappa shape index (κ1) is 14.9. The first-order chi connectivity index (χ1) is 11.2. The summed E-state index contributed by atoms with van der Waals surface area (Å²) in [4.78, 5) is 11.6. The standard InChI is InChI=1S/C17H24N4O2/c1-12-8-17(5-3-7-21(17)10-12)11-23-16-19-14-9-18-6-4-13(14)15(20-16)22-2/h18H,1,3-11H2,2H3. The first-order valence-electron chi connectivity index (χ1n) is 8.39. The Kier molecular flexibility index (Phi) is 3.73. The van der Waals surface area contributed by atoms with E-state index in [2.05, 4.69) is 26.8 Å². The van der Waals surface area contributed by atoms with Gasteiger partial charge in [-0.15, -0.1) is 0 Å². The number of nitrogens with one attached hydrogen (secondary N) is 1. The summed E-state index contributed by atoms with van der Waals surface area (Å²) in [6.07, 6.45) is 4.32. The quantitative estimate of drug-likeness (QED) is 0.845. The number of methoxy groups -OCH3 is 1. The van der Waals surface area contributed by atoms with Crippen molar-refractivity contribution in [1.82, 2.24) is 20.2 Å². The molecular weight excluding hydrogens is 292 g/mol. The molecule has 0 bridgehead atoms. The molecule has 1 atom stereocenters. The van der Waals surface area contributed by atoms with E-state index in [9.17, 15) is 0 Å². The lowest BCUT2D eigenvalue weighted by molar-refractivity contribution is 0.106. The summed E-state index contributed by atoms with van der Waals surface area (Å²) in [6.45, 7) is 8.62. The van der Waals surface area contributed by atoms with Gasteiger partial charge in [-0.2, -0.15) is 9.97 Å². The van der Waals surface area contributed by atoms with Gasteiger partial charge in [-0.25, -0.2) is 0 Å². The number of ether oxygens (including phenoxy) is 2. The number of rotatable bonds is 4. The molecular formula is C17H24N4O2. The molecule has 3 aliphatic rings. The highest BCUT2D eigenvalue weighted by molar-refractivity contribution is 5.34. The zero-order chi connectivity index (χ0) is 15.9. The molecule has 1 aromatic heterocycles. The van der Waals surface area contributed by atoms with Crippen LogP contribution >= 0.6 is 0 Å². The van der Waals surface area contributed by atoms with Crippen LogP contribution in [0.25, 0.3) is 0 Å². The van der Waals surface area contributed by atoms with Crippen LogP contribution in [0.3, 0.4) is 0 Å². The number of fused-ring (bicyclic) bond motifs is 2. The summed E-state index contributed by atoms with van der Waals surface area (Å²) >= 11 is 0. The van der Waals surface area contributed by atoms with E-state index in [0.717, 1.165) is 56.7 Å². The van der Waals surface area contributed by atoms with E-state index in [0.29, 0.717) is 18.5 Å². The Morgan fingerprint density at radius 1 is 1.39 bits per heavy atom. The summed E-state index contributed by atoms with van der Waals surface area (Å²) < 4.78 is 11.5. The zero-order valence-corrected chi connectivity index (χ0v) is 13.7. The maximum atomic E-state index is 6.04. The van der Waals surface area contributed by atoms with Gasteiger partial charge in [0.15, 0.2) is 0 Å². The zero-order valence-electron chi connectivity index (χ0n) is 13.7. The van der Waals surface area contributed by atoms with E-state index in [4.69, 9.17) is 9.47 Å². The second-order valence-corrected chi connectivity index (χ2v) is 6.83. The molecule has 4 heterocycles. The van der Waals surface area contributed by atoms with E-state index in [1.165, 1.54) is 12.0 Å². The van der Waals surface area contributed by atoms with E-state index in [-0.39, 0.29) is 5.54 Å². The van der Waals surface area contributed by atoms with Crippen LogP contribution < -0.4 is 14.8 Å². The molecule has 0 radical (unpaired) electrons.